The van der Waals surface area contributed by atoms with Crippen molar-refractivity contribution in [2.75, 3.05) is 13.2 Å². The number of pyridine rings is 1. The van der Waals surface area contributed by atoms with Gasteiger partial charge in [-0.25, -0.2) is 13.7 Å². The number of halogens is 1. The van der Waals surface area contributed by atoms with Crippen LogP contribution in [0.5, 0.6) is 11.5 Å². The van der Waals surface area contributed by atoms with Gasteiger partial charge in [0.25, 0.3) is 0 Å². The standard InChI is InChI=1S/C25H30FN3O4/c1-16(27-24(30)33-25(2,3)4)14-31-19-9-10-21(22(26)12-19)23-11-18-7-8-20(13-29(18)28-23)32-15-17-5-6-17/h7-13,16-17H,5-6,14-15H2,1-4H3,(H,27,30)/t16-/m0/s1. The lowest BCUT2D eigenvalue weighted by molar-refractivity contribution is 0.0494. The molecular weight excluding hydrogens is 425 g/mol. The van der Waals surface area contributed by atoms with E-state index in [1.54, 1.807) is 44.3 Å². The van der Waals surface area contributed by atoms with Crippen LogP contribution in [0.25, 0.3) is 16.8 Å². The number of carbonyl (C=O) groups excluding carboxylic acids is 1. The van der Waals surface area contributed by atoms with E-state index in [2.05, 4.69) is 10.4 Å². The second-order valence-corrected chi connectivity index (χ2v) is 9.52. The molecule has 8 heteroatoms. The third kappa shape index (κ3) is 6.37. The summed E-state index contributed by atoms with van der Waals surface area (Å²) in [5.74, 6) is 1.35. The van der Waals surface area contributed by atoms with Gasteiger partial charge in [0.15, 0.2) is 0 Å². The van der Waals surface area contributed by atoms with Gasteiger partial charge in [0, 0.05) is 11.6 Å². The summed E-state index contributed by atoms with van der Waals surface area (Å²) in [6, 6.07) is 9.99. The zero-order chi connectivity index (χ0) is 23.6. The molecule has 0 spiro atoms. The first-order valence-electron chi connectivity index (χ1n) is 11.2. The van der Waals surface area contributed by atoms with E-state index < -0.39 is 17.5 Å². The Balaban J connectivity index is 1.37. The lowest BCUT2D eigenvalue weighted by Gasteiger charge is -2.22. The third-order valence-corrected chi connectivity index (χ3v) is 5.09. The number of rotatable bonds is 8. The van der Waals surface area contributed by atoms with E-state index in [0.717, 1.165) is 17.9 Å². The lowest BCUT2D eigenvalue weighted by atomic mass is 10.1. The van der Waals surface area contributed by atoms with Crippen LogP contribution in [0.3, 0.4) is 0 Å². The second-order valence-electron chi connectivity index (χ2n) is 9.52. The Morgan fingerprint density at radius 3 is 2.64 bits per heavy atom. The average molecular weight is 456 g/mol. The Morgan fingerprint density at radius 2 is 1.94 bits per heavy atom. The Labute approximate surface area is 192 Å². The van der Waals surface area contributed by atoms with Gasteiger partial charge >= 0.3 is 6.09 Å². The highest BCUT2D eigenvalue weighted by Gasteiger charge is 2.22. The first-order chi connectivity index (χ1) is 15.7. The summed E-state index contributed by atoms with van der Waals surface area (Å²) < 4.78 is 33.2. The van der Waals surface area contributed by atoms with Crippen LogP contribution in [0.4, 0.5) is 9.18 Å². The molecule has 33 heavy (non-hydrogen) atoms. The number of hydrogen-bond donors (Lipinski definition) is 1. The van der Waals surface area contributed by atoms with Crippen molar-refractivity contribution in [1.29, 1.82) is 0 Å². The van der Waals surface area contributed by atoms with Crippen molar-refractivity contribution in [1.82, 2.24) is 14.9 Å². The van der Waals surface area contributed by atoms with Crippen molar-refractivity contribution in [3.05, 3.63) is 48.4 Å². The SMILES string of the molecule is C[C@@H](COc1ccc(-c2cc3ccc(OCC4CC4)cn3n2)c(F)c1)NC(=O)OC(C)(C)C. The number of nitrogens with zero attached hydrogens (tertiary/aromatic N) is 2. The van der Waals surface area contributed by atoms with Crippen molar-refractivity contribution < 1.29 is 23.4 Å². The first-order valence-corrected chi connectivity index (χ1v) is 11.2. The predicted molar refractivity (Wildman–Crippen MR) is 123 cm³/mol. The van der Waals surface area contributed by atoms with Crippen molar-refractivity contribution in [3.8, 4) is 22.8 Å². The minimum absolute atomic E-state index is 0.177. The molecule has 3 aromatic rings. The first kappa shape index (κ1) is 22.9. The normalized spacial score (nSPS) is 14.7. The number of ether oxygens (including phenoxy) is 3. The maximum Gasteiger partial charge on any atom is 0.407 e. The molecule has 2 heterocycles. The minimum atomic E-state index is -0.577. The summed E-state index contributed by atoms with van der Waals surface area (Å²) in [6.45, 7) is 8.07. The number of benzene rings is 1. The molecule has 1 amide bonds. The lowest BCUT2D eigenvalue weighted by Crippen LogP contribution is -2.40. The molecular formula is C25H30FN3O4. The van der Waals surface area contributed by atoms with E-state index in [1.165, 1.54) is 18.9 Å². The molecule has 1 saturated carbocycles. The molecule has 1 atom stereocenters. The van der Waals surface area contributed by atoms with E-state index in [1.807, 2.05) is 24.4 Å². The topological polar surface area (TPSA) is 74.1 Å². The van der Waals surface area contributed by atoms with Gasteiger partial charge in [-0.1, -0.05) is 0 Å². The number of fused-ring (bicyclic) bond motifs is 1. The maximum atomic E-state index is 14.8. The quantitative estimate of drug-likeness (QED) is 0.504. The largest absolute Gasteiger partial charge is 0.492 e. The number of aromatic nitrogens is 2. The van der Waals surface area contributed by atoms with Crippen LogP contribution in [0.2, 0.25) is 0 Å². The number of hydrogen-bond acceptors (Lipinski definition) is 5. The van der Waals surface area contributed by atoms with Crippen LogP contribution in [-0.2, 0) is 4.74 Å². The monoisotopic (exact) mass is 455 g/mol. The highest BCUT2D eigenvalue weighted by molar-refractivity contribution is 5.68. The van der Waals surface area contributed by atoms with Gasteiger partial charge in [0.05, 0.1) is 30.1 Å². The molecule has 7 nitrogen and oxygen atoms in total. The van der Waals surface area contributed by atoms with Gasteiger partial charge < -0.3 is 19.5 Å². The van der Waals surface area contributed by atoms with E-state index in [0.29, 0.717) is 22.9 Å². The molecule has 1 aliphatic rings. The number of carbonyl (C=O) groups is 1. The molecule has 1 aromatic carbocycles. The number of amides is 1. The molecule has 0 saturated heterocycles. The van der Waals surface area contributed by atoms with Crippen LogP contribution in [-0.4, -0.2) is 40.6 Å². The van der Waals surface area contributed by atoms with Gasteiger partial charge in [-0.2, -0.15) is 5.10 Å². The van der Waals surface area contributed by atoms with Crippen LogP contribution in [0, 0.1) is 11.7 Å². The highest BCUT2D eigenvalue weighted by atomic mass is 19.1. The Morgan fingerprint density at radius 1 is 1.18 bits per heavy atom. The van der Waals surface area contributed by atoms with E-state index in [-0.39, 0.29) is 12.6 Å². The molecule has 0 aliphatic heterocycles. The van der Waals surface area contributed by atoms with Crippen molar-refractivity contribution in [3.63, 3.8) is 0 Å². The highest BCUT2D eigenvalue weighted by Crippen LogP contribution is 2.30. The van der Waals surface area contributed by atoms with Gasteiger partial charge in [0.2, 0.25) is 0 Å². The number of alkyl carbamates (subject to hydrolysis) is 1. The Kier molecular flexibility index (Phi) is 6.44. The second kappa shape index (κ2) is 9.29. The zero-order valence-corrected chi connectivity index (χ0v) is 19.4. The Bertz CT molecular complexity index is 1130. The molecule has 1 aliphatic carbocycles. The molecule has 2 aromatic heterocycles. The summed E-state index contributed by atoms with van der Waals surface area (Å²) in [5, 5.41) is 7.20. The van der Waals surface area contributed by atoms with E-state index in [4.69, 9.17) is 14.2 Å². The average Bonchev–Trinajstić information content (AvgIpc) is 3.46. The summed E-state index contributed by atoms with van der Waals surface area (Å²) in [7, 11) is 0. The Hall–Kier alpha value is -3.29. The fourth-order valence-corrected chi connectivity index (χ4v) is 3.25. The van der Waals surface area contributed by atoms with Crippen molar-refractivity contribution in [2.45, 2.75) is 52.2 Å². The fraction of sp³-hybridized carbons (Fsp3) is 0.440. The van der Waals surface area contributed by atoms with Gasteiger partial charge in [0.1, 0.15) is 29.5 Å². The predicted octanol–water partition coefficient (Wildman–Crippen LogP) is 5.22. The molecule has 0 radical (unpaired) electrons. The van der Waals surface area contributed by atoms with Crippen LogP contribution in [0.1, 0.15) is 40.5 Å². The molecule has 1 N–H and O–H groups in total. The van der Waals surface area contributed by atoms with E-state index >= 15 is 0 Å². The van der Waals surface area contributed by atoms with Crippen LogP contribution < -0.4 is 14.8 Å². The van der Waals surface area contributed by atoms with E-state index in [9.17, 15) is 9.18 Å². The molecule has 0 unspecified atom stereocenters. The molecule has 4 rings (SSSR count). The fourth-order valence-electron chi connectivity index (χ4n) is 3.25. The number of nitrogens with one attached hydrogen (secondary N) is 1. The third-order valence-electron chi connectivity index (χ3n) is 5.09. The zero-order valence-electron chi connectivity index (χ0n) is 19.4. The summed E-state index contributed by atoms with van der Waals surface area (Å²) >= 11 is 0. The van der Waals surface area contributed by atoms with Crippen molar-refractivity contribution >= 4 is 11.6 Å². The van der Waals surface area contributed by atoms with Crippen molar-refractivity contribution in [2.24, 2.45) is 5.92 Å². The van der Waals surface area contributed by atoms with Gasteiger partial charge in [-0.05, 0) is 76.8 Å². The summed E-state index contributed by atoms with van der Waals surface area (Å²) in [5.41, 5.74) is 1.18. The minimum Gasteiger partial charge on any atom is -0.492 e. The van der Waals surface area contributed by atoms with Gasteiger partial charge in [-0.3, -0.25) is 0 Å². The molecule has 176 valence electrons. The maximum absolute atomic E-state index is 14.8. The summed E-state index contributed by atoms with van der Waals surface area (Å²) in [6.07, 6.45) is 3.75. The van der Waals surface area contributed by atoms with Gasteiger partial charge in [-0.15, -0.1) is 0 Å². The smallest absolute Gasteiger partial charge is 0.407 e. The molecule has 0 bridgehead atoms. The van der Waals surface area contributed by atoms with Crippen LogP contribution >= 0.6 is 0 Å². The van der Waals surface area contributed by atoms with Crippen LogP contribution in [0.15, 0.2) is 42.6 Å². The molecule has 1 fully saturated rings. The summed E-state index contributed by atoms with van der Waals surface area (Å²) in [4.78, 5) is 11.8.